The van der Waals surface area contributed by atoms with E-state index < -0.39 is 0 Å². The molecule has 0 unspecified atom stereocenters. The number of anilines is 2. The first-order valence-electron chi connectivity index (χ1n) is 7.27. The van der Waals surface area contributed by atoms with Crippen LogP contribution in [0.1, 0.15) is 29.9 Å². The van der Waals surface area contributed by atoms with E-state index in [1.807, 2.05) is 19.9 Å². The highest BCUT2D eigenvalue weighted by Crippen LogP contribution is 2.33. The Balaban J connectivity index is 1.81. The number of carbonyl (C=O) groups excluding carboxylic acids is 1. The summed E-state index contributed by atoms with van der Waals surface area (Å²) in [4.78, 5) is 18.4. The molecule has 1 aromatic heterocycles. The summed E-state index contributed by atoms with van der Waals surface area (Å²) in [6.07, 6.45) is 2.82. The van der Waals surface area contributed by atoms with Crippen molar-refractivity contribution < 1.29 is 4.79 Å². The average Bonchev–Trinajstić information content (AvgIpc) is 2.90. The van der Waals surface area contributed by atoms with Crippen LogP contribution in [0.25, 0.3) is 0 Å². The third-order valence-electron chi connectivity index (χ3n) is 3.60. The average molecular weight is 281 g/mol. The van der Waals surface area contributed by atoms with Gasteiger partial charge in [-0.1, -0.05) is 18.2 Å². The maximum atomic E-state index is 11.9. The van der Waals surface area contributed by atoms with Crippen LogP contribution in [-0.4, -0.2) is 23.5 Å². The standard InChI is InChI=1S/C17H19N3O/c1-12(2)19-17(21)15-8-7-14(11-18-15)20-10-9-13-5-3-4-6-16(13)20/h3-8,11-12H,9-10H2,1-2H3,(H,19,21). The molecular formula is C17H19N3O. The first-order valence-corrected chi connectivity index (χ1v) is 7.27. The van der Waals surface area contributed by atoms with Crippen LogP contribution in [0.5, 0.6) is 0 Å². The van der Waals surface area contributed by atoms with Gasteiger partial charge in [0.15, 0.2) is 0 Å². The van der Waals surface area contributed by atoms with Crippen LogP contribution >= 0.6 is 0 Å². The monoisotopic (exact) mass is 281 g/mol. The Kier molecular flexibility index (Phi) is 3.60. The fourth-order valence-corrected chi connectivity index (χ4v) is 2.62. The molecule has 1 amide bonds. The molecule has 1 N–H and O–H groups in total. The zero-order valence-corrected chi connectivity index (χ0v) is 12.3. The van der Waals surface area contributed by atoms with E-state index in [0.717, 1.165) is 18.7 Å². The highest BCUT2D eigenvalue weighted by atomic mass is 16.1. The van der Waals surface area contributed by atoms with Crippen LogP contribution in [0.4, 0.5) is 11.4 Å². The fourth-order valence-electron chi connectivity index (χ4n) is 2.62. The van der Waals surface area contributed by atoms with Crippen LogP contribution < -0.4 is 10.2 Å². The molecular weight excluding hydrogens is 262 g/mol. The fraction of sp³-hybridized carbons (Fsp3) is 0.294. The number of hydrogen-bond donors (Lipinski definition) is 1. The van der Waals surface area contributed by atoms with Gasteiger partial charge in [-0.3, -0.25) is 4.79 Å². The smallest absolute Gasteiger partial charge is 0.270 e. The predicted molar refractivity (Wildman–Crippen MR) is 84.0 cm³/mol. The molecule has 0 saturated carbocycles. The molecule has 0 atom stereocenters. The normalized spacial score (nSPS) is 13.4. The first kappa shape index (κ1) is 13.6. The van der Waals surface area contributed by atoms with Crippen molar-refractivity contribution in [3.63, 3.8) is 0 Å². The van der Waals surface area contributed by atoms with E-state index in [-0.39, 0.29) is 11.9 Å². The maximum absolute atomic E-state index is 11.9. The van der Waals surface area contributed by atoms with Gasteiger partial charge in [-0.2, -0.15) is 0 Å². The molecule has 3 rings (SSSR count). The van der Waals surface area contributed by atoms with Gasteiger partial charge in [0.05, 0.1) is 11.9 Å². The third-order valence-corrected chi connectivity index (χ3v) is 3.60. The summed E-state index contributed by atoms with van der Waals surface area (Å²) in [5, 5.41) is 2.85. The molecule has 2 heterocycles. The predicted octanol–water partition coefficient (Wildman–Crippen LogP) is 2.91. The molecule has 1 aromatic carbocycles. The van der Waals surface area contributed by atoms with E-state index in [0.29, 0.717) is 5.69 Å². The van der Waals surface area contributed by atoms with E-state index in [4.69, 9.17) is 0 Å². The summed E-state index contributed by atoms with van der Waals surface area (Å²) in [5.74, 6) is -0.127. The lowest BCUT2D eigenvalue weighted by Crippen LogP contribution is -2.30. The molecule has 1 aliphatic rings. The second-order valence-corrected chi connectivity index (χ2v) is 5.56. The van der Waals surface area contributed by atoms with Crippen molar-refractivity contribution in [2.75, 3.05) is 11.4 Å². The van der Waals surface area contributed by atoms with E-state index >= 15 is 0 Å². The van der Waals surface area contributed by atoms with Gasteiger partial charge in [0, 0.05) is 18.3 Å². The molecule has 0 bridgehead atoms. The van der Waals surface area contributed by atoms with E-state index in [1.165, 1.54) is 11.3 Å². The number of nitrogens with zero attached hydrogens (tertiary/aromatic N) is 2. The summed E-state index contributed by atoms with van der Waals surface area (Å²) < 4.78 is 0. The number of pyridine rings is 1. The van der Waals surface area contributed by atoms with E-state index in [1.54, 1.807) is 12.3 Å². The minimum absolute atomic E-state index is 0.115. The van der Waals surface area contributed by atoms with Crippen LogP contribution in [0.15, 0.2) is 42.6 Å². The summed E-state index contributed by atoms with van der Waals surface area (Å²) >= 11 is 0. The number of para-hydroxylation sites is 1. The van der Waals surface area contributed by atoms with Gasteiger partial charge in [-0.15, -0.1) is 0 Å². The van der Waals surface area contributed by atoms with Crippen molar-refractivity contribution in [3.8, 4) is 0 Å². The molecule has 1 aliphatic heterocycles. The number of nitrogens with one attached hydrogen (secondary N) is 1. The Bertz CT molecular complexity index is 649. The molecule has 4 nitrogen and oxygen atoms in total. The first-order chi connectivity index (χ1) is 10.1. The van der Waals surface area contributed by atoms with Crippen LogP contribution in [0, 0.1) is 0 Å². The van der Waals surface area contributed by atoms with Gasteiger partial charge in [-0.25, -0.2) is 4.98 Å². The molecule has 2 aromatic rings. The molecule has 0 saturated heterocycles. The Morgan fingerprint density at radius 1 is 1.24 bits per heavy atom. The second-order valence-electron chi connectivity index (χ2n) is 5.56. The Morgan fingerprint density at radius 3 is 2.76 bits per heavy atom. The van der Waals surface area contributed by atoms with Gasteiger partial charge in [-0.05, 0) is 44.0 Å². The molecule has 0 aliphatic carbocycles. The number of benzene rings is 1. The highest BCUT2D eigenvalue weighted by molar-refractivity contribution is 5.92. The third kappa shape index (κ3) is 2.75. The number of hydrogen-bond acceptors (Lipinski definition) is 3. The van der Waals surface area contributed by atoms with Crippen LogP contribution in [0.3, 0.4) is 0 Å². The Hall–Kier alpha value is -2.36. The molecule has 0 spiro atoms. The number of carbonyl (C=O) groups is 1. The SMILES string of the molecule is CC(C)NC(=O)c1ccc(N2CCc3ccccc32)cn1. The number of aromatic nitrogens is 1. The number of amides is 1. The maximum Gasteiger partial charge on any atom is 0.270 e. The lowest BCUT2D eigenvalue weighted by atomic mass is 10.2. The van der Waals surface area contributed by atoms with Crippen LogP contribution in [-0.2, 0) is 6.42 Å². The largest absolute Gasteiger partial charge is 0.349 e. The van der Waals surface area contributed by atoms with Crippen molar-refractivity contribution in [1.29, 1.82) is 0 Å². The molecule has 4 heteroatoms. The van der Waals surface area contributed by atoms with Gasteiger partial charge in [0.2, 0.25) is 0 Å². The van der Waals surface area contributed by atoms with Crippen molar-refractivity contribution in [2.24, 2.45) is 0 Å². The summed E-state index contributed by atoms with van der Waals surface area (Å²) in [6.45, 7) is 4.83. The van der Waals surface area contributed by atoms with Crippen molar-refractivity contribution in [2.45, 2.75) is 26.3 Å². The van der Waals surface area contributed by atoms with Gasteiger partial charge in [0.1, 0.15) is 5.69 Å². The summed E-state index contributed by atoms with van der Waals surface area (Å²) in [7, 11) is 0. The number of fused-ring (bicyclic) bond motifs is 1. The van der Waals surface area contributed by atoms with Crippen molar-refractivity contribution >= 4 is 17.3 Å². The minimum Gasteiger partial charge on any atom is -0.349 e. The zero-order chi connectivity index (χ0) is 14.8. The molecule has 0 fully saturated rings. The van der Waals surface area contributed by atoms with Gasteiger partial charge in [0.25, 0.3) is 5.91 Å². The van der Waals surface area contributed by atoms with Crippen molar-refractivity contribution in [1.82, 2.24) is 10.3 Å². The van der Waals surface area contributed by atoms with Crippen molar-refractivity contribution in [3.05, 3.63) is 53.9 Å². The highest BCUT2D eigenvalue weighted by Gasteiger charge is 2.20. The van der Waals surface area contributed by atoms with Gasteiger partial charge < -0.3 is 10.2 Å². The summed E-state index contributed by atoms with van der Waals surface area (Å²) in [6, 6.07) is 12.3. The van der Waals surface area contributed by atoms with E-state index in [9.17, 15) is 4.79 Å². The van der Waals surface area contributed by atoms with Gasteiger partial charge >= 0.3 is 0 Å². The van der Waals surface area contributed by atoms with Crippen LogP contribution in [0.2, 0.25) is 0 Å². The molecule has 21 heavy (non-hydrogen) atoms. The molecule has 108 valence electrons. The topological polar surface area (TPSA) is 45.2 Å². The number of rotatable bonds is 3. The Morgan fingerprint density at radius 2 is 2.05 bits per heavy atom. The Labute approximate surface area is 124 Å². The molecule has 0 radical (unpaired) electrons. The lowest BCUT2D eigenvalue weighted by Gasteiger charge is -2.19. The zero-order valence-electron chi connectivity index (χ0n) is 12.3. The second kappa shape index (κ2) is 5.56. The minimum atomic E-state index is -0.127. The van der Waals surface area contributed by atoms with E-state index in [2.05, 4.69) is 39.5 Å². The quantitative estimate of drug-likeness (QED) is 0.941. The lowest BCUT2D eigenvalue weighted by molar-refractivity contribution is 0.0938. The summed E-state index contributed by atoms with van der Waals surface area (Å²) in [5.41, 5.74) is 4.08.